The van der Waals surface area contributed by atoms with Gasteiger partial charge in [-0.25, -0.2) is 8.42 Å². The molecule has 1 heterocycles. The first-order chi connectivity index (χ1) is 17.0. The Morgan fingerprint density at radius 1 is 0.972 bits per heavy atom. The van der Waals surface area contributed by atoms with Gasteiger partial charge in [-0.3, -0.25) is 13.9 Å². The highest BCUT2D eigenvalue weighted by Crippen LogP contribution is 2.40. The van der Waals surface area contributed by atoms with Crippen LogP contribution in [0.5, 0.6) is 0 Å². The minimum atomic E-state index is -4.24. The Balaban J connectivity index is 1.77. The molecule has 0 saturated carbocycles. The third-order valence-corrected chi connectivity index (χ3v) is 8.77. The van der Waals surface area contributed by atoms with Crippen molar-refractivity contribution in [2.75, 3.05) is 9.62 Å². The van der Waals surface area contributed by atoms with Gasteiger partial charge < -0.3 is 10.6 Å². The van der Waals surface area contributed by atoms with Crippen LogP contribution < -0.4 is 14.9 Å². The molecule has 0 bridgehead atoms. The Morgan fingerprint density at radius 2 is 1.64 bits per heavy atom. The maximum absolute atomic E-state index is 14.1. The van der Waals surface area contributed by atoms with Crippen LogP contribution in [-0.2, 0) is 26.2 Å². The van der Waals surface area contributed by atoms with E-state index in [4.69, 9.17) is 11.6 Å². The first kappa shape index (κ1) is 25.7. The zero-order valence-electron chi connectivity index (χ0n) is 20.6. The Kier molecular flexibility index (Phi) is 7.11. The minimum Gasteiger partial charge on any atom is -0.352 e. The lowest BCUT2D eigenvalue weighted by Gasteiger charge is -2.37. The van der Waals surface area contributed by atoms with Gasteiger partial charge in [0.1, 0.15) is 6.04 Å². The topological polar surface area (TPSA) is 95.6 Å². The molecule has 0 aliphatic carbocycles. The summed E-state index contributed by atoms with van der Waals surface area (Å²) < 4.78 is 29.3. The van der Waals surface area contributed by atoms with Gasteiger partial charge >= 0.3 is 0 Å². The Labute approximate surface area is 216 Å². The van der Waals surface area contributed by atoms with E-state index in [1.807, 2.05) is 44.2 Å². The molecular weight excluding hydrogens is 498 g/mol. The van der Waals surface area contributed by atoms with E-state index < -0.39 is 27.9 Å². The molecule has 1 aliphatic rings. The number of nitrogens with zero attached hydrogens (tertiary/aromatic N) is 1. The highest BCUT2D eigenvalue weighted by molar-refractivity contribution is 7.93. The highest BCUT2D eigenvalue weighted by Gasteiger charge is 2.42. The predicted molar refractivity (Wildman–Crippen MR) is 142 cm³/mol. The van der Waals surface area contributed by atoms with Gasteiger partial charge in [-0.15, -0.1) is 0 Å². The Morgan fingerprint density at radius 3 is 2.33 bits per heavy atom. The maximum atomic E-state index is 14.1. The lowest BCUT2D eigenvalue weighted by Crippen LogP contribution is -2.52. The summed E-state index contributed by atoms with van der Waals surface area (Å²) in [5, 5.41) is 6.04. The van der Waals surface area contributed by atoms with Gasteiger partial charge in [0.05, 0.1) is 22.7 Å². The monoisotopic (exact) mass is 525 g/mol. The molecule has 0 radical (unpaired) electrons. The van der Waals surface area contributed by atoms with E-state index in [0.717, 1.165) is 21.0 Å². The second-order valence-electron chi connectivity index (χ2n) is 9.09. The van der Waals surface area contributed by atoms with E-state index in [0.29, 0.717) is 27.5 Å². The molecule has 2 amide bonds. The van der Waals surface area contributed by atoms with Gasteiger partial charge in [0.2, 0.25) is 11.8 Å². The molecule has 7 nitrogen and oxygen atoms in total. The molecule has 1 unspecified atom stereocenters. The number of anilines is 2. The molecule has 0 saturated heterocycles. The summed E-state index contributed by atoms with van der Waals surface area (Å²) in [4.78, 5) is 26.2. The van der Waals surface area contributed by atoms with Crippen LogP contribution in [0, 0.1) is 27.7 Å². The molecule has 9 heteroatoms. The summed E-state index contributed by atoms with van der Waals surface area (Å²) in [5.74, 6) is -0.997. The number of amides is 2. The molecule has 1 atom stereocenters. The van der Waals surface area contributed by atoms with Crippen LogP contribution in [-0.4, -0.2) is 26.3 Å². The van der Waals surface area contributed by atoms with Gasteiger partial charge in [-0.2, -0.15) is 0 Å². The van der Waals surface area contributed by atoms with Gasteiger partial charge in [0.25, 0.3) is 10.0 Å². The van der Waals surface area contributed by atoms with Crippen molar-refractivity contribution in [2.24, 2.45) is 0 Å². The van der Waals surface area contributed by atoms with Crippen molar-refractivity contribution in [3.05, 3.63) is 87.4 Å². The minimum absolute atomic E-state index is 0.0398. The second kappa shape index (κ2) is 9.95. The summed E-state index contributed by atoms with van der Waals surface area (Å²) in [7, 11) is -4.24. The number of hydrogen-bond acceptors (Lipinski definition) is 4. The number of fused-ring (bicyclic) bond motifs is 1. The smallest absolute Gasteiger partial charge is 0.265 e. The van der Waals surface area contributed by atoms with E-state index in [-0.39, 0.29) is 17.9 Å². The average molecular weight is 526 g/mol. The number of aryl methyl sites for hydroxylation is 4. The fourth-order valence-corrected chi connectivity index (χ4v) is 6.37. The number of benzene rings is 3. The van der Waals surface area contributed by atoms with Gasteiger partial charge in [-0.1, -0.05) is 41.9 Å². The van der Waals surface area contributed by atoms with E-state index in [1.54, 1.807) is 32.0 Å². The Hall–Kier alpha value is -3.36. The lowest BCUT2D eigenvalue weighted by atomic mass is 10.0. The molecule has 0 fully saturated rings. The Bertz CT molecular complexity index is 1460. The zero-order valence-corrected chi connectivity index (χ0v) is 22.1. The van der Waals surface area contributed by atoms with Crippen molar-refractivity contribution in [3.8, 4) is 0 Å². The van der Waals surface area contributed by atoms with E-state index >= 15 is 0 Å². The highest BCUT2D eigenvalue weighted by atomic mass is 35.5. The number of carbonyl (C=O) groups excluding carboxylic acids is 2. The lowest BCUT2D eigenvalue weighted by molar-refractivity contribution is -0.125. The predicted octanol–water partition coefficient (Wildman–Crippen LogP) is 4.80. The third-order valence-electron chi connectivity index (χ3n) is 6.40. The van der Waals surface area contributed by atoms with Gasteiger partial charge in [0.15, 0.2) is 0 Å². The van der Waals surface area contributed by atoms with Crippen molar-refractivity contribution in [1.82, 2.24) is 5.32 Å². The van der Waals surface area contributed by atoms with Crippen LogP contribution in [0.1, 0.15) is 34.2 Å². The molecule has 4 rings (SSSR count). The number of nitrogens with one attached hydrogen (secondary N) is 2. The molecule has 2 N–H and O–H groups in total. The number of carbonyl (C=O) groups is 2. The molecule has 1 aliphatic heterocycles. The summed E-state index contributed by atoms with van der Waals surface area (Å²) >= 11 is 6.22. The first-order valence-corrected chi connectivity index (χ1v) is 13.3. The average Bonchev–Trinajstić information content (AvgIpc) is 2.82. The maximum Gasteiger partial charge on any atom is 0.265 e. The molecule has 0 spiro atoms. The van der Waals surface area contributed by atoms with Crippen molar-refractivity contribution in [1.29, 1.82) is 0 Å². The van der Waals surface area contributed by atoms with Gasteiger partial charge in [-0.05, 0) is 79.8 Å². The quantitative estimate of drug-likeness (QED) is 0.483. The van der Waals surface area contributed by atoms with Crippen LogP contribution in [0.4, 0.5) is 11.4 Å². The standard InChI is InChI=1S/C27H28ClN3O4S/c1-16-11-22-23(12-17(16)2)31(36(34,35)25-13-18(3)21(28)10-19(25)4)24(27(33)30-22)14-26(32)29-15-20-8-6-5-7-9-20/h5-13,24H,14-15H2,1-4H3,(H,29,32)(H,30,33). The van der Waals surface area contributed by atoms with Crippen molar-refractivity contribution in [3.63, 3.8) is 0 Å². The van der Waals surface area contributed by atoms with Crippen molar-refractivity contribution >= 4 is 44.8 Å². The van der Waals surface area contributed by atoms with Crippen LogP contribution in [0.3, 0.4) is 0 Å². The van der Waals surface area contributed by atoms with E-state index in [2.05, 4.69) is 10.6 Å². The summed E-state index contributed by atoms with van der Waals surface area (Å²) in [6, 6.07) is 14.7. The summed E-state index contributed by atoms with van der Waals surface area (Å²) in [6.07, 6.45) is -0.337. The van der Waals surface area contributed by atoms with Crippen molar-refractivity contribution < 1.29 is 18.0 Å². The second-order valence-corrected chi connectivity index (χ2v) is 11.3. The molecule has 3 aromatic carbocycles. The van der Waals surface area contributed by atoms with Crippen LogP contribution >= 0.6 is 11.6 Å². The number of rotatable bonds is 6. The summed E-state index contributed by atoms with van der Waals surface area (Å²) in [6.45, 7) is 7.41. The van der Waals surface area contributed by atoms with E-state index in [9.17, 15) is 18.0 Å². The van der Waals surface area contributed by atoms with E-state index in [1.165, 1.54) is 6.07 Å². The SMILES string of the molecule is Cc1cc2c(cc1C)N(S(=O)(=O)c1cc(C)c(Cl)cc1C)C(CC(=O)NCc1ccccc1)C(=O)N2. The molecule has 0 aromatic heterocycles. The molecule has 188 valence electrons. The molecule has 36 heavy (non-hydrogen) atoms. The molecular formula is C27H28ClN3O4S. The van der Waals surface area contributed by atoms with Crippen LogP contribution in [0.15, 0.2) is 59.5 Å². The third kappa shape index (κ3) is 4.96. The number of hydrogen-bond donors (Lipinski definition) is 2. The molecule has 3 aromatic rings. The van der Waals surface area contributed by atoms with Crippen LogP contribution in [0.2, 0.25) is 5.02 Å². The van der Waals surface area contributed by atoms with Crippen molar-refractivity contribution in [2.45, 2.75) is 51.6 Å². The summed E-state index contributed by atoms with van der Waals surface area (Å²) in [5.41, 5.74) is 4.42. The van der Waals surface area contributed by atoms with Gasteiger partial charge in [0, 0.05) is 11.6 Å². The fourth-order valence-electron chi connectivity index (χ4n) is 4.23. The normalized spacial score (nSPS) is 15.3. The first-order valence-electron chi connectivity index (χ1n) is 11.5. The fraction of sp³-hybridized carbons (Fsp3) is 0.259. The van der Waals surface area contributed by atoms with Crippen LogP contribution in [0.25, 0.3) is 0 Å². The zero-order chi connectivity index (χ0) is 26.2. The largest absolute Gasteiger partial charge is 0.352 e. The number of sulfonamides is 1. The number of halogens is 1.